The Morgan fingerprint density at radius 3 is 2.50 bits per heavy atom. The van der Waals surface area contributed by atoms with Crippen LogP contribution in [0.3, 0.4) is 0 Å². The molecule has 0 bridgehead atoms. The third-order valence-corrected chi connectivity index (χ3v) is 4.28. The van der Waals surface area contributed by atoms with E-state index in [0.29, 0.717) is 4.70 Å². The zero-order chi connectivity index (χ0) is 15.0. The van der Waals surface area contributed by atoms with Gasteiger partial charge in [-0.05, 0) is 36.4 Å². The number of fused-ring (bicyclic) bond motifs is 1. The van der Waals surface area contributed by atoms with E-state index >= 15 is 0 Å². The highest BCUT2D eigenvalue weighted by molar-refractivity contribution is 7.17. The molecule has 0 aliphatic carbocycles. The van der Waals surface area contributed by atoms with Gasteiger partial charge in [0.2, 0.25) is 5.67 Å². The van der Waals surface area contributed by atoms with E-state index in [0.717, 1.165) is 5.39 Å². The van der Waals surface area contributed by atoms with Gasteiger partial charge in [0, 0.05) is 10.3 Å². The molecule has 1 aromatic heterocycles. The summed E-state index contributed by atoms with van der Waals surface area (Å²) in [6.45, 7) is 3.13. The van der Waals surface area contributed by atoms with Gasteiger partial charge in [-0.15, -0.1) is 11.3 Å². The van der Waals surface area contributed by atoms with Crippen LogP contribution >= 0.6 is 11.3 Å². The molecule has 110 valence electrons. The minimum absolute atomic E-state index is 0.268. The van der Waals surface area contributed by atoms with Crippen LogP contribution in [0, 0.1) is 0 Å². The molecule has 0 saturated heterocycles. The fourth-order valence-corrected chi connectivity index (χ4v) is 3.12. The molecule has 2 atom stereocenters. The number of hydrogen-bond acceptors (Lipinski definition) is 2. The van der Waals surface area contributed by atoms with Crippen LogP contribution in [0.25, 0.3) is 10.1 Å². The van der Waals surface area contributed by atoms with E-state index in [9.17, 15) is 17.6 Å². The highest BCUT2D eigenvalue weighted by Gasteiger charge is 2.60. The quantitative estimate of drug-likeness (QED) is 0.812. The molecule has 0 saturated carbocycles. The fraction of sp³-hybridized carbons (Fsp3) is 0.429. The third-order valence-electron chi connectivity index (χ3n) is 3.40. The average Bonchev–Trinajstić information content (AvgIpc) is 2.83. The summed E-state index contributed by atoms with van der Waals surface area (Å²) in [6.07, 6.45) is -4.97. The molecule has 2 rings (SSSR count). The number of rotatable bonds is 4. The van der Waals surface area contributed by atoms with Gasteiger partial charge in [0.15, 0.2) is 0 Å². The SMILES string of the molecule is CCNC(C)C(F)(c1ccc2ccsc2c1)C(F)(F)F. The van der Waals surface area contributed by atoms with Gasteiger partial charge in [-0.2, -0.15) is 13.2 Å². The Balaban J connectivity index is 2.55. The maximum absolute atomic E-state index is 14.9. The molecule has 6 heteroatoms. The second kappa shape index (κ2) is 5.33. The lowest BCUT2D eigenvalue weighted by Crippen LogP contribution is -2.53. The molecule has 2 aromatic rings. The van der Waals surface area contributed by atoms with Gasteiger partial charge in [0.1, 0.15) is 0 Å². The van der Waals surface area contributed by atoms with E-state index in [1.165, 1.54) is 36.5 Å². The standard InChI is InChI=1S/C14H15F4NS/c1-3-19-9(2)13(15,14(16,17)18)11-5-4-10-6-7-20-12(10)8-11/h4-9,19H,3H2,1-2H3. The van der Waals surface area contributed by atoms with E-state index in [2.05, 4.69) is 5.32 Å². The summed E-state index contributed by atoms with van der Waals surface area (Å²) in [5, 5.41) is 5.13. The molecule has 1 heterocycles. The van der Waals surface area contributed by atoms with Crippen LogP contribution in [0.15, 0.2) is 29.6 Å². The molecule has 2 unspecified atom stereocenters. The normalized spacial score (nSPS) is 17.1. The third kappa shape index (κ3) is 2.42. The van der Waals surface area contributed by atoms with Crippen molar-refractivity contribution in [3.63, 3.8) is 0 Å². The van der Waals surface area contributed by atoms with Crippen molar-refractivity contribution in [2.45, 2.75) is 31.7 Å². The summed E-state index contributed by atoms with van der Waals surface area (Å²) >= 11 is 1.30. The number of thiophene rings is 1. The van der Waals surface area contributed by atoms with Crippen molar-refractivity contribution in [2.75, 3.05) is 6.54 Å². The van der Waals surface area contributed by atoms with E-state index < -0.39 is 17.9 Å². The van der Waals surface area contributed by atoms with Crippen LogP contribution < -0.4 is 5.32 Å². The molecule has 0 spiro atoms. The molecule has 1 aromatic carbocycles. The molecule has 1 N–H and O–H groups in total. The molecular formula is C14H15F4NS. The Hall–Kier alpha value is -1.14. The number of benzene rings is 1. The van der Waals surface area contributed by atoms with Crippen molar-refractivity contribution >= 4 is 21.4 Å². The number of halogens is 4. The Labute approximate surface area is 118 Å². The maximum atomic E-state index is 14.9. The van der Waals surface area contributed by atoms with E-state index in [1.54, 1.807) is 18.4 Å². The second-order valence-corrected chi connectivity index (χ2v) is 5.61. The molecule has 0 radical (unpaired) electrons. The van der Waals surface area contributed by atoms with Crippen LogP contribution in [-0.4, -0.2) is 18.8 Å². The smallest absolute Gasteiger partial charge is 0.311 e. The largest absolute Gasteiger partial charge is 0.428 e. The molecular weight excluding hydrogens is 290 g/mol. The summed E-state index contributed by atoms with van der Waals surface area (Å²) in [5.41, 5.74) is -3.75. The molecule has 0 aliphatic rings. The zero-order valence-electron chi connectivity index (χ0n) is 11.1. The number of alkyl halides is 4. The van der Waals surface area contributed by atoms with Crippen LogP contribution in [0.1, 0.15) is 19.4 Å². The van der Waals surface area contributed by atoms with Gasteiger partial charge in [-0.25, -0.2) is 4.39 Å². The van der Waals surface area contributed by atoms with Crippen LogP contribution in [0.4, 0.5) is 17.6 Å². The lowest BCUT2D eigenvalue weighted by atomic mass is 9.88. The van der Waals surface area contributed by atoms with E-state index in [4.69, 9.17) is 0 Å². The summed E-state index contributed by atoms with van der Waals surface area (Å²) in [6, 6.07) is 4.48. The first kappa shape index (κ1) is 15.3. The Bertz CT molecular complexity index is 592. The topological polar surface area (TPSA) is 12.0 Å². The number of likely N-dealkylation sites (N-methyl/N-ethyl adjacent to an activating group) is 1. The van der Waals surface area contributed by atoms with Crippen LogP contribution in [0.2, 0.25) is 0 Å². The van der Waals surface area contributed by atoms with Crippen LogP contribution in [-0.2, 0) is 5.67 Å². The van der Waals surface area contributed by atoms with Gasteiger partial charge in [0.05, 0.1) is 6.04 Å². The lowest BCUT2D eigenvalue weighted by Gasteiger charge is -2.34. The Morgan fingerprint density at radius 2 is 1.90 bits per heavy atom. The molecule has 20 heavy (non-hydrogen) atoms. The molecule has 0 fully saturated rings. The maximum Gasteiger partial charge on any atom is 0.428 e. The van der Waals surface area contributed by atoms with Crippen LogP contribution in [0.5, 0.6) is 0 Å². The van der Waals surface area contributed by atoms with E-state index in [1.807, 2.05) is 0 Å². The van der Waals surface area contributed by atoms with Gasteiger partial charge in [-0.1, -0.05) is 19.1 Å². The van der Waals surface area contributed by atoms with Crippen molar-refractivity contribution in [3.05, 3.63) is 35.2 Å². The van der Waals surface area contributed by atoms with Crippen molar-refractivity contribution in [2.24, 2.45) is 0 Å². The highest BCUT2D eigenvalue weighted by Crippen LogP contribution is 2.46. The second-order valence-electron chi connectivity index (χ2n) is 4.66. The van der Waals surface area contributed by atoms with E-state index in [-0.39, 0.29) is 12.1 Å². The Kier molecular flexibility index (Phi) is 4.07. The predicted molar refractivity (Wildman–Crippen MR) is 73.8 cm³/mol. The monoisotopic (exact) mass is 305 g/mol. The van der Waals surface area contributed by atoms with Crippen molar-refractivity contribution in [1.82, 2.24) is 5.32 Å². The van der Waals surface area contributed by atoms with Crippen molar-refractivity contribution in [1.29, 1.82) is 0 Å². The molecule has 1 nitrogen and oxygen atoms in total. The van der Waals surface area contributed by atoms with Gasteiger partial charge in [0.25, 0.3) is 0 Å². The fourth-order valence-electron chi connectivity index (χ4n) is 2.29. The number of nitrogens with one attached hydrogen (secondary N) is 1. The summed E-state index contributed by atoms with van der Waals surface area (Å²) in [5.74, 6) is 0. The summed E-state index contributed by atoms with van der Waals surface area (Å²) in [4.78, 5) is 0. The average molecular weight is 305 g/mol. The Morgan fingerprint density at radius 1 is 1.20 bits per heavy atom. The van der Waals surface area contributed by atoms with Gasteiger partial charge >= 0.3 is 6.18 Å². The summed E-state index contributed by atoms with van der Waals surface area (Å²) in [7, 11) is 0. The molecule has 0 amide bonds. The summed E-state index contributed by atoms with van der Waals surface area (Å²) < 4.78 is 55.3. The first-order valence-electron chi connectivity index (χ1n) is 6.27. The first-order chi connectivity index (χ1) is 9.30. The predicted octanol–water partition coefficient (Wildman–Crippen LogP) is 4.63. The van der Waals surface area contributed by atoms with Gasteiger partial charge < -0.3 is 5.32 Å². The van der Waals surface area contributed by atoms with Crippen molar-refractivity contribution < 1.29 is 17.6 Å². The zero-order valence-corrected chi connectivity index (χ0v) is 11.9. The number of hydrogen-bond donors (Lipinski definition) is 1. The van der Waals surface area contributed by atoms with Crippen molar-refractivity contribution in [3.8, 4) is 0 Å². The molecule has 0 aliphatic heterocycles. The minimum atomic E-state index is -4.97. The minimum Gasteiger partial charge on any atom is -0.311 e. The highest BCUT2D eigenvalue weighted by atomic mass is 32.1. The lowest BCUT2D eigenvalue weighted by molar-refractivity contribution is -0.244. The first-order valence-corrected chi connectivity index (χ1v) is 7.15. The van der Waals surface area contributed by atoms with Gasteiger partial charge in [-0.3, -0.25) is 0 Å².